The van der Waals surface area contributed by atoms with Crippen molar-refractivity contribution >= 4 is 22.0 Å². The number of benzene rings is 1. The molecule has 98 valence electrons. The SMILES string of the molecule is COc1ccc(Br)cc1[C@@H]1NC(=O)OCC1(C)C. The number of carbonyl (C=O) groups is 1. The molecule has 1 aromatic rings. The molecule has 0 radical (unpaired) electrons. The van der Waals surface area contributed by atoms with Gasteiger partial charge in [-0.25, -0.2) is 4.79 Å². The number of alkyl carbamates (subject to hydrolysis) is 1. The second-order valence-corrected chi connectivity index (χ2v) is 5.94. The van der Waals surface area contributed by atoms with Gasteiger partial charge in [0.15, 0.2) is 0 Å². The minimum atomic E-state index is -0.388. The van der Waals surface area contributed by atoms with E-state index in [9.17, 15) is 4.79 Å². The first-order chi connectivity index (χ1) is 8.44. The molecule has 1 heterocycles. The Bertz CT molecular complexity index is 473. The summed E-state index contributed by atoms with van der Waals surface area (Å²) in [5, 5.41) is 2.86. The van der Waals surface area contributed by atoms with Crippen LogP contribution in [-0.2, 0) is 4.74 Å². The molecule has 0 unspecified atom stereocenters. The van der Waals surface area contributed by atoms with Gasteiger partial charge in [-0.3, -0.25) is 0 Å². The number of carbonyl (C=O) groups excluding carboxylic acids is 1. The molecule has 18 heavy (non-hydrogen) atoms. The Morgan fingerprint density at radius 2 is 2.22 bits per heavy atom. The van der Waals surface area contributed by atoms with Gasteiger partial charge in [0, 0.05) is 15.5 Å². The quantitative estimate of drug-likeness (QED) is 0.911. The first-order valence-corrected chi connectivity index (χ1v) is 6.50. The maximum absolute atomic E-state index is 11.4. The third-order valence-electron chi connectivity index (χ3n) is 3.12. The number of nitrogens with one attached hydrogen (secondary N) is 1. The molecule has 0 spiro atoms. The van der Waals surface area contributed by atoms with Crippen LogP contribution in [-0.4, -0.2) is 19.8 Å². The van der Waals surface area contributed by atoms with Crippen LogP contribution in [0.15, 0.2) is 22.7 Å². The van der Waals surface area contributed by atoms with E-state index in [0.29, 0.717) is 6.61 Å². The molecule has 1 aliphatic rings. The smallest absolute Gasteiger partial charge is 0.407 e. The van der Waals surface area contributed by atoms with E-state index in [0.717, 1.165) is 15.8 Å². The van der Waals surface area contributed by atoms with E-state index in [-0.39, 0.29) is 17.6 Å². The number of rotatable bonds is 2. The van der Waals surface area contributed by atoms with E-state index < -0.39 is 0 Å². The van der Waals surface area contributed by atoms with E-state index in [4.69, 9.17) is 9.47 Å². The van der Waals surface area contributed by atoms with Gasteiger partial charge >= 0.3 is 6.09 Å². The summed E-state index contributed by atoms with van der Waals surface area (Å²) in [5.74, 6) is 0.762. The molecule has 0 bridgehead atoms. The van der Waals surface area contributed by atoms with Gasteiger partial charge in [0.25, 0.3) is 0 Å². The second-order valence-electron chi connectivity index (χ2n) is 5.03. The lowest BCUT2D eigenvalue weighted by Gasteiger charge is -2.39. The summed E-state index contributed by atoms with van der Waals surface area (Å²) in [6.45, 7) is 4.49. The summed E-state index contributed by atoms with van der Waals surface area (Å²) in [6, 6.07) is 5.64. The summed E-state index contributed by atoms with van der Waals surface area (Å²) in [6.07, 6.45) is -0.388. The van der Waals surface area contributed by atoms with Crippen molar-refractivity contribution < 1.29 is 14.3 Å². The molecule has 1 N–H and O–H groups in total. The maximum atomic E-state index is 11.4. The monoisotopic (exact) mass is 313 g/mol. The van der Waals surface area contributed by atoms with Crippen molar-refractivity contribution in [3.63, 3.8) is 0 Å². The molecule has 1 amide bonds. The highest BCUT2D eigenvalue weighted by atomic mass is 79.9. The van der Waals surface area contributed by atoms with Crippen LogP contribution < -0.4 is 10.1 Å². The van der Waals surface area contributed by atoms with Crippen LogP contribution in [0.1, 0.15) is 25.5 Å². The van der Waals surface area contributed by atoms with Gasteiger partial charge in [0.05, 0.1) is 13.2 Å². The minimum absolute atomic E-state index is 0.133. The summed E-state index contributed by atoms with van der Waals surface area (Å²) in [4.78, 5) is 11.4. The number of hydrogen-bond donors (Lipinski definition) is 1. The van der Waals surface area contributed by atoms with Gasteiger partial charge in [-0.1, -0.05) is 29.8 Å². The van der Waals surface area contributed by atoms with Crippen LogP contribution in [0.25, 0.3) is 0 Å². The molecular formula is C13H16BrNO3. The van der Waals surface area contributed by atoms with Crippen molar-refractivity contribution in [3.8, 4) is 5.75 Å². The molecule has 0 aromatic heterocycles. The van der Waals surface area contributed by atoms with Crippen molar-refractivity contribution in [1.82, 2.24) is 5.32 Å². The standard InChI is InChI=1S/C13H16BrNO3/c1-13(2)7-18-12(16)15-11(13)9-6-8(14)4-5-10(9)17-3/h4-6,11H,7H2,1-3H3,(H,15,16)/t11-/m0/s1. The predicted octanol–water partition coefficient (Wildman–Crippen LogP) is 3.26. The third-order valence-corrected chi connectivity index (χ3v) is 3.61. The van der Waals surface area contributed by atoms with Gasteiger partial charge in [-0.2, -0.15) is 0 Å². The van der Waals surface area contributed by atoms with Crippen molar-refractivity contribution in [1.29, 1.82) is 0 Å². The molecule has 1 aliphatic heterocycles. The van der Waals surface area contributed by atoms with Gasteiger partial charge in [-0.05, 0) is 18.2 Å². The molecule has 0 aliphatic carbocycles. The van der Waals surface area contributed by atoms with Crippen LogP contribution in [0.2, 0.25) is 0 Å². The molecule has 0 saturated carbocycles. The Morgan fingerprint density at radius 1 is 1.50 bits per heavy atom. The second kappa shape index (κ2) is 4.80. The lowest BCUT2D eigenvalue weighted by Crippen LogP contribution is -2.47. The number of cyclic esters (lactones) is 1. The molecule has 1 saturated heterocycles. The minimum Gasteiger partial charge on any atom is -0.496 e. The highest BCUT2D eigenvalue weighted by molar-refractivity contribution is 9.10. The number of halogens is 1. The molecule has 4 nitrogen and oxygen atoms in total. The Balaban J connectivity index is 2.45. The zero-order valence-electron chi connectivity index (χ0n) is 10.6. The molecular weight excluding hydrogens is 298 g/mol. The highest BCUT2D eigenvalue weighted by Crippen LogP contribution is 2.41. The molecule has 1 aromatic carbocycles. The Morgan fingerprint density at radius 3 is 2.89 bits per heavy atom. The van der Waals surface area contributed by atoms with Crippen LogP contribution in [0.4, 0.5) is 4.79 Å². The van der Waals surface area contributed by atoms with Crippen molar-refractivity contribution in [2.45, 2.75) is 19.9 Å². The first kappa shape index (κ1) is 13.2. The Kier molecular flexibility index (Phi) is 3.52. The molecule has 1 fully saturated rings. The lowest BCUT2D eigenvalue weighted by molar-refractivity contribution is 0.0381. The normalized spacial score (nSPS) is 22.0. The number of amides is 1. The fourth-order valence-electron chi connectivity index (χ4n) is 2.12. The van der Waals surface area contributed by atoms with Crippen molar-refractivity contribution in [2.75, 3.05) is 13.7 Å². The molecule has 1 atom stereocenters. The summed E-state index contributed by atoms with van der Waals surface area (Å²) >= 11 is 3.45. The number of ether oxygens (including phenoxy) is 2. The van der Waals surface area contributed by atoms with Gasteiger partial charge in [-0.15, -0.1) is 0 Å². The van der Waals surface area contributed by atoms with Gasteiger partial charge < -0.3 is 14.8 Å². The van der Waals surface area contributed by atoms with E-state index in [1.165, 1.54) is 0 Å². The van der Waals surface area contributed by atoms with E-state index >= 15 is 0 Å². The van der Waals surface area contributed by atoms with Crippen LogP contribution in [0.5, 0.6) is 5.75 Å². The summed E-state index contributed by atoms with van der Waals surface area (Å²) in [7, 11) is 1.63. The number of hydrogen-bond acceptors (Lipinski definition) is 3. The first-order valence-electron chi connectivity index (χ1n) is 5.71. The zero-order valence-corrected chi connectivity index (χ0v) is 12.2. The highest BCUT2D eigenvalue weighted by Gasteiger charge is 2.39. The van der Waals surface area contributed by atoms with Crippen LogP contribution in [0.3, 0.4) is 0 Å². The lowest BCUT2D eigenvalue weighted by atomic mass is 9.80. The average Bonchev–Trinajstić information content (AvgIpc) is 2.32. The van der Waals surface area contributed by atoms with Crippen molar-refractivity contribution in [2.24, 2.45) is 5.41 Å². The fourth-order valence-corrected chi connectivity index (χ4v) is 2.50. The topological polar surface area (TPSA) is 47.6 Å². The van der Waals surface area contributed by atoms with Gasteiger partial charge in [0.1, 0.15) is 12.4 Å². The van der Waals surface area contributed by atoms with Crippen LogP contribution in [0, 0.1) is 5.41 Å². The summed E-state index contributed by atoms with van der Waals surface area (Å²) < 4.78 is 11.4. The number of methoxy groups -OCH3 is 1. The van der Waals surface area contributed by atoms with Crippen LogP contribution >= 0.6 is 15.9 Å². The largest absolute Gasteiger partial charge is 0.496 e. The molecule has 2 rings (SSSR count). The summed E-state index contributed by atoms with van der Waals surface area (Å²) in [5.41, 5.74) is 0.760. The maximum Gasteiger partial charge on any atom is 0.407 e. The zero-order chi connectivity index (χ0) is 13.3. The Labute approximate surface area is 115 Å². The van der Waals surface area contributed by atoms with E-state index in [2.05, 4.69) is 35.1 Å². The Hall–Kier alpha value is -1.23. The third kappa shape index (κ3) is 2.46. The van der Waals surface area contributed by atoms with E-state index in [1.54, 1.807) is 7.11 Å². The van der Waals surface area contributed by atoms with Crippen molar-refractivity contribution in [3.05, 3.63) is 28.2 Å². The average molecular weight is 314 g/mol. The van der Waals surface area contributed by atoms with Gasteiger partial charge in [0.2, 0.25) is 0 Å². The molecule has 5 heteroatoms. The van der Waals surface area contributed by atoms with E-state index in [1.807, 2.05) is 18.2 Å². The fraction of sp³-hybridized carbons (Fsp3) is 0.462. The predicted molar refractivity (Wildman–Crippen MR) is 71.7 cm³/mol.